The van der Waals surface area contributed by atoms with Crippen molar-refractivity contribution in [3.8, 4) is 5.75 Å². The van der Waals surface area contributed by atoms with Crippen LogP contribution in [-0.2, 0) is 17.8 Å². The van der Waals surface area contributed by atoms with Gasteiger partial charge in [-0.1, -0.05) is 25.0 Å². The number of hydrogen-bond acceptors (Lipinski definition) is 5. The number of carbonyl (C=O) groups excluding carboxylic acids is 1. The largest absolute Gasteiger partial charge is 0.493 e. The van der Waals surface area contributed by atoms with Gasteiger partial charge in [-0.15, -0.1) is 0 Å². The van der Waals surface area contributed by atoms with Crippen LogP contribution < -0.4 is 20.9 Å². The zero-order chi connectivity index (χ0) is 18.2. The Morgan fingerprint density at radius 1 is 1.19 bits per heavy atom. The summed E-state index contributed by atoms with van der Waals surface area (Å²) in [4.78, 5) is 15.8. The lowest BCUT2D eigenvalue weighted by Crippen LogP contribution is -2.52. The van der Waals surface area contributed by atoms with Crippen molar-refractivity contribution >= 4 is 5.91 Å². The molecule has 0 bridgehead atoms. The van der Waals surface area contributed by atoms with Crippen molar-refractivity contribution < 1.29 is 9.53 Å². The van der Waals surface area contributed by atoms with E-state index in [9.17, 15) is 4.79 Å². The number of rotatable bonds is 4. The highest BCUT2D eigenvalue weighted by Gasteiger charge is 2.44. The molecule has 1 saturated carbocycles. The zero-order valence-electron chi connectivity index (χ0n) is 15.9. The Kier molecular flexibility index (Phi) is 4.80. The summed E-state index contributed by atoms with van der Waals surface area (Å²) in [5.41, 5.74) is 9.21. The number of piperidine rings is 1. The second-order valence-corrected chi connectivity index (χ2v) is 8.47. The SMILES string of the molecule is O=C(C1NNC2CCNCC21)N(Cc1ccc2c(c1)CCO2)C1CCCC1. The van der Waals surface area contributed by atoms with E-state index in [-0.39, 0.29) is 11.9 Å². The maximum absolute atomic E-state index is 13.6. The molecule has 3 atom stereocenters. The Labute approximate surface area is 161 Å². The predicted molar refractivity (Wildman–Crippen MR) is 103 cm³/mol. The van der Waals surface area contributed by atoms with Crippen molar-refractivity contribution in [1.29, 1.82) is 0 Å². The van der Waals surface area contributed by atoms with Gasteiger partial charge in [0.05, 0.1) is 6.61 Å². The highest BCUT2D eigenvalue weighted by Crippen LogP contribution is 2.31. The molecule has 0 radical (unpaired) electrons. The van der Waals surface area contributed by atoms with E-state index in [1.165, 1.54) is 24.0 Å². The third-order valence-electron chi connectivity index (χ3n) is 6.80. The van der Waals surface area contributed by atoms with Crippen LogP contribution in [0.15, 0.2) is 18.2 Å². The van der Waals surface area contributed by atoms with Gasteiger partial charge in [0, 0.05) is 37.5 Å². The zero-order valence-corrected chi connectivity index (χ0v) is 15.9. The van der Waals surface area contributed by atoms with Gasteiger partial charge in [-0.05, 0) is 43.0 Å². The normalized spacial score (nSPS) is 30.0. The van der Waals surface area contributed by atoms with Crippen LogP contribution in [0.4, 0.5) is 0 Å². The number of benzene rings is 1. The van der Waals surface area contributed by atoms with Gasteiger partial charge in [0.1, 0.15) is 11.8 Å². The fourth-order valence-corrected chi connectivity index (χ4v) is 5.28. The molecule has 1 aromatic rings. The molecule has 2 saturated heterocycles. The van der Waals surface area contributed by atoms with E-state index in [4.69, 9.17) is 4.74 Å². The summed E-state index contributed by atoms with van der Waals surface area (Å²) >= 11 is 0. The standard InChI is InChI=1S/C21H30N4O2/c26-21(20-17-12-22-9-7-18(17)23-24-20)25(16-3-1-2-4-16)13-14-5-6-19-15(11-14)8-10-27-19/h5-6,11,16-18,20,22-24H,1-4,7-10,12-13H2. The first-order valence-corrected chi connectivity index (χ1v) is 10.6. The first-order chi connectivity index (χ1) is 13.3. The van der Waals surface area contributed by atoms with Gasteiger partial charge >= 0.3 is 0 Å². The number of nitrogens with one attached hydrogen (secondary N) is 3. The predicted octanol–water partition coefficient (Wildman–Crippen LogP) is 1.35. The third-order valence-corrected chi connectivity index (χ3v) is 6.80. The first kappa shape index (κ1) is 17.5. The highest BCUT2D eigenvalue weighted by molar-refractivity contribution is 5.83. The topological polar surface area (TPSA) is 65.6 Å². The molecule has 6 nitrogen and oxygen atoms in total. The summed E-state index contributed by atoms with van der Waals surface area (Å²) in [6, 6.07) is 7.10. The summed E-state index contributed by atoms with van der Waals surface area (Å²) in [5, 5.41) is 3.46. The van der Waals surface area contributed by atoms with Crippen LogP contribution in [0.1, 0.15) is 43.2 Å². The van der Waals surface area contributed by atoms with Gasteiger partial charge in [0.25, 0.3) is 0 Å². The van der Waals surface area contributed by atoms with E-state index in [0.717, 1.165) is 51.1 Å². The minimum Gasteiger partial charge on any atom is -0.493 e. The van der Waals surface area contributed by atoms with Gasteiger partial charge in [0.15, 0.2) is 0 Å². The number of nitrogens with zero attached hydrogens (tertiary/aromatic N) is 1. The highest BCUT2D eigenvalue weighted by atomic mass is 16.5. The van der Waals surface area contributed by atoms with E-state index in [0.29, 0.717) is 24.5 Å². The molecule has 0 aromatic heterocycles. The molecule has 4 aliphatic rings. The van der Waals surface area contributed by atoms with Gasteiger partial charge < -0.3 is 15.0 Å². The summed E-state index contributed by atoms with van der Waals surface area (Å²) in [5.74, 6) is 1.61. The third kappa shape index (κ3) is 3.35. The average molecular weight is 370 g/mol. The van der Waals surface area contributed by atoms with E-state index in [1.54, 1.807) is 0 Å². The molecule has 6 heteroatoms. The van der Waals surface area contributed by atoms with Gasteiger partial charge in [0.2, 0.25) is 5.91 Å². The van der Waals surface area contributed by atoms with Crippen molar-refractivity contribution in [2.45, 2.75) is 63.2 Å². The van der Waals surface area contributed by atoms with E-state index < -0.39 is 0 Å². The van der Waals surface area contributed by atoms with Gasteiger partial charge in [-0.3, -0.25) is 10.2 Å². The quantitative estimate of drug-likeness (QED) is 0.747. The van der Waals surface area contributed by atoms with E-state index in [1.807, 2.05) is 0 Å². The van der Waals surface area contributed by atoms with Crippen molar-refractivity contribution in [3.05, 3.63) is 29.3 Å². The molecule has 5 rings (SSSR count). The molecule has 0 spiro atoms. The van der Waals surface area contributed by atoms with Crippen LogP contribution in [0.25, 0.3) is 0 Å². The molecule has 3 fully saturated rings. The molecule has 146 valence electrons. The maximum Gasteiger partial charge on any atom is 0.242 e. The average Bonchev–Trinajstić information content (AvgIpc) is 3.45. The summed E-state index contributed by atoms with van der Waals surface area (Å²) < 4.78 is 5.64. The van der Waals surface area contributed by atoms with Crippen molar-refractivity contribution in [3.63, 3.8) is 0 Å². The summed E-state index contributed by atoms with van der Waals surface area (Å²) in [6.45, 7) is 3.42. The van der Waals surface area contributed by atoms with Crippen molar-refractivity contribution in [2.24, 2.45) is 5.92 Å². The van der Waals surface area contributed by atoms with Crippen molar-refractivity contribution in [1.82, 2.24) is 21.1 Å². The molecular formula is C21H30N4O2. The molecule has 1 aromatic carbocycles. The number of ether oxygens (including phenoxy) is 1. The minimum absolute atomic E-state index is 0.124. The van der Waals surface area contributed by atoms with Crippen molar-refractivity contribution in [2.75, 3.05) is 19.7 Å². The lowest BCUT2D eigenvalue weighted by atomic mass is 9.88. The lowest BCUT2D eigenvalue weighted by molar-refractivity contribution is -0.137. The van der Waals surface area contributed by atoms with Crippen LogP contribution in [-0.4, -0.2) is 48.6 Å². The Hall–Kier alpha value is -1.63. The molecule has 1 amide bonds. The van der Waals surface area contributed by atoms with Crippen LogP contribution >= 0.6 is 0 Å². The van der Waals surface area contributed by atoms with Crippen LogP contribution in [0.5, 0.6) is 5.75 Å². The molecule has 27 heavy (non-hydrogen) atoms. The fourth-order valence-electron chi connectivity index (χ4n) is 5.28. The van der Waals surface area contributed by atoms with Crippen LogP contribution in [0, 0.1) is 5.92 Å². The molecule has 3 unspecified atom stereocenters. The molecule has 3 heterocycles. The van der Waals surface area contributed by atoms with E-state index >= 15 is 0 Å². The fraction of sp³-hybridized carbons (Fsp3) is 0.667. The van der Waals surface area contributed by atoms with Gasteiger partial charge in [-0.2, -0.15) is 0 Å². The smallest absolute Gasteiger partial charge is 0.242 e. The summed E-state index contributed by atoms with van der Waals surface area (Å²) in [6.07, 6.45) is 6.78. The Morgan fingerprint density at radius 2 is 2.07 bits per heavy atom. The number of fused-ring (bicyclic) bond motifs is 2. The summed E-state index contributed by atoms with van der Waals surface area (Å²) in [7, 11) is 0. The number of hydrazine groups is 1. The minimum atomic E-state index is -0.124. The van der Waals surface area contributed by atoms with E-state index in [2.05, 4.69) is 39.3 Å². The second-order valence-electron chi connectivity index (χ2n) is 8.47. The first-order valence-electron chi connectivity index (χ1n) is 10.6. The molecule has 3 aliphatic heterocycles. The Bertz CT molecular complexity index is 703. The maximum atomic E-state index is 13.6. The molecular weight excluding hydrogens is 340 g/mol. The molecule has 1 aliphatic carbocycles. The number of hydrogen-bond donors (Lipinski definition) is 3. The Morgan fingerprint density at radius 3 is 2.96 bits per heavy atom. The number of carbonyl (C=O) groups is 1. The lowest BCUT2D eigenvalue weighted by Gasteiger charge is -2.34. The van der Waals surface area contributed by atoms with Crippen LogP contribution in [0.2, 0.25) is 0 Å². The second kappa shape index (κ2) is 7.41. The van der Waals surface area contributed by atoms with Crippen LogP contribution in [0.3, 0.4) is 0 Å². The Balaban J connectivity index is 1.37. The number of amides is 1. The monoisotopic (exact) mass is 370 g/mol. The van der Waals surface area contributed by atoms with Gasteiger partial charge in [-0.25, -0.2) is 5.43 Å². The molecule has 3 N–H and O–H groups in total.